The first-order chi connectivity index (χ1) is 35.7. The number of aryl methyl sites for hydroxylation is 1. The summed E-state index contributed by atoms with van der Waals surface area (Å²) in [6.45, 7) is 52.2. The first-order valence-corrected chi connectivity index (χ1v) is 29.3. The summed E-state index contributed by atoms with van der Waals surface area (Å²) in [5.74, 6) is 0.898. The predicted octanol–water partition coefficient (Wildman–Crippen LogP) is 18.5. The molecule has 0 spiro atoms. The van der Waals surface area contributed by atoms with Gasteiger partial charge in [-0.25, -0.2) is 0 Å². The van der Waals surface area contributed by atoms with E-state index in [1.54, 1.807) is 0 Å². The van der Waals surface area contributed by atoms with Crippen molar-refractivity contribution in [3.63, 3.8) is 0 Å². The molecule has 6 aromatic rings. The largest absolute Gasteiger partial charge is 0.440 e. The number of fused-ring (bicyclic) bond motifs is 10. The van der Waals surface area contributed by atoms with Crippen LogP contribution in [0.1, 0.15) is 209 Å². The fraction of sp³-hybridized carbons (Fsp3) is 0.472. The molecule has 1 fully saturated rings. The SMILES string of the molecule is C=C/C(=C\C=C(/C)C(C)(C)C)N1c2cc(N(c3ccc(C(C)(C)C)cc3)c3ccc(C(C)(C)C)cc3C)cc3c2B(c2cc(C(C)(C)C)cc4c2N3C2(C)CCCCC42C)c2c1oc1cc3c(cc21)C(C)(C)CCC3(C)C. The molecule has 0 radical (unpaired) electrons. The van der Waals surface area contributed by atoms with Crippen LogP contribution in [0.25, 0.3) is 11.0 Å². The van der Waals surface area contributed by atoms with Gasteiger partial charge >= 0.3 is 0 Å². The number of furan rings is 1. The van der Waals surface area contributed by atoms with Crippen LogP contribution in [0.4, 0.5) is 40.0 Å². The molecular weight excluding hydrogens is 934 g/mol. The highest BCUT2D eigenvalue weighted by molar-refractivity contribution is 7.01. The Labute approximate surface area is 465 Å². The Morgan fingerprint density at radius 2 is 1.22 bits per heavy atom. The second-order valence-electron chi connectivity index (χ2n) is 30.3. The summed E-state index contributed by atoms with van der Waals surface area (Å²) < 4.78 is 7.73. The third-order valence-corrected chi connectivity index (χ3v) is 20.2. The van der Waals surface area contributed by atoms with Gasteiger partial charge in [0.1, 0.15) is 5.58 Å². The zero-order valence-electron chi connectivity index (χ0n) is 51.0. The lowest BCUT2D eigenvalue weighted by molar-refractivity contribution is 0.195. The lowest BCUT2D eigenvalue weighted by Gasteiger charge is -2.52. The van der Waals surface area contributed by atoms with E-state index < -0.39 is 0 Å². The molecule has 4 nitrogen and oxygen atoms in total. The van der Waals surface area contributed by atoms with E-state index in [-0.39, 0.29) is 50.2 Å². The van der Waals surface area contributed by atoms with Crippen LogP contribution >= 0.6 is 0 Å². The van der Waals surface area contributed by atoms with Crippen molar-refractivity contribution in [2.75, 3.05) is 14.7 Å². The minimum atomic E-state index is -0.179. The van der Waals surface area contributed by atoms with Crippen molar-refractivity contribution in [2.24, 2.45) is 5.41 Å². The number of rotatable bonds is 6. The summed E-state index contributed by atoms with van der Waals surface area (Å²) >= 11 is 0. The van der Waals surface area contributed by atoms with Crippen LogP contribution in [0.2, 0.25) is 0 Å². The minimum Gasteiger partial charge on any atom is -0.440 e. The Hall–Kier alpha value is -5.68. The Morgan fingerprint density at radius 1 is 0.623 bits per heavy atom. The van der Waals surface area contributed by atoms with Gasteiger partial charge in [-0.2, -0.15) is 0 Å². The number of hydrogen-bond donors (Lipinski definition) is 0. The van der Waals surface area contributed by atoms with Gasteiger partial charge < -0.3 is 14.2 Å². The van der Waals surface area contributed by atoms with Crippen LogP contribution in [-0.2, 0) is 32.5 Å². The third-order valence-electron chi connectivity index (χ3n) is 20.2. The van der Waals surface area contributed by atoms with Gasteiger partial charge in [0.05, 0.1) is 11.2 Å². The number of benzene rings is 5. The molecule has 0 amide bonds. The summed E-state index contributed by atoms with van der Waals surface area (Å²) in [7, 11) is 0. The van der Waals surface area contributed by atoms with Gasteiger partial charge in [0, 0.05) is 50.4 Å². The van der Waals surface area contributed by atoms with E-state index in [2.05, 4.69) is 257 Å². The molecule has 402 valence electrons. The summed E-state index contributed by atoms with van der Waals surface area (Å²) in [6, 6.07) is 32.0. The summed E-state index contributed by atoms with van der Waals surface area (Å²) in [6.07, 6.45) is 13.7. The molecule has 0 saturated heterocycles. The van der Waals surface area contributed by atoms with Gasteiger partial charge in [0.2, 0.25) is 5.88 Å². The van der Waals surface area contributed by atoms with Crippen LogP contribution in [-0.4, -0.2) is 12.3 Å². The van der Waals surface area contributed by atoms with E-state index in [4.69, 9.17) is 4.42 Å². The molecule has 2 aliphatic carbocycles. The van der Waals surface area contributed by atoms with Crippen molar-refractivity contribution >= 4 is 74.1 Å². The van der Waals surface area contributed by atoms with Crippen molar-refractivity contribution in [3.8, 4) is 0 Å². The van der Waals surface area contributed by atoms with Gasteiger partial charge in [0.15, 0.2) is 0 Å². The Kier molecular flexibility index (Phi) is 11.9. The maximum atomic E-state index is 7.73. The highest BCUT2D eigenvalue weighted by atomic mass is 16.4. The van der Waals surface area contributed by atoms with E-state index in [9.17, 15) is 0 Å². The average molecular weight is 1020 g/mol. The number of allylic oxidation sites excluding steroid dienone is 4. The summed E-state index contributed by atoms with van der Waals surface area (Å²) in [4.78, 5) is 7.94. The maximum Gasteiger partial charge on any atom is 0.257 e. The molecule has 5 aromatic carbocycles. The van der Waals surface area contributed by atoms with Gasteiger partial charge in [-0.05, 0) is 183 Å². The van der Waals surface area contributed by atoms with Crippen LogP contribution in [0, 0.1) is 12.3 Å². The molecule has 3 aliphatic heterocycles. The third kappa shape index (κ3) is 8.10. The van der Waals surface area contributed by atoms with E-state index in [0.717, 1.165) is 59.9 Å². The molecule has 4 heterocycles. The van der Waals surface area contributed by atoms with Crippen molar-refractivity contribution in [3.05, 3.63) is 154 Å². The summed E-state index contributed by atoms with van der Waals surface area (Å²) in [5.41, 5.74) is 24.1. The Balaban J connectivity index is 1.32. The van der Waals surface area contributed by atoms with E-state index in [1.165, 1.54) is 96.2 Å². The van der Waals surface area contributed by atoms with Gasteiger partial charge in [-0.3, -0.25) is 4.90 Å². The smallest absolute Gasteiger partial charge is 0.257 e. The first-order valence-electron chi connectivity index (χ1n) is 29.3. The van der Waals surface area contributed by atoms with Gasteiger partial charge in [-0.1, -0.05) is 185 Å². The topological polar surface area (TPSA) is 22.9 Å². The zero-order valence-corrected chi connectivity index (χ0v) is 51.0. The van der Waals surface area contributed by atoms with E-state index >= 15 is 0 Å². The normalized spacial score (nSPS) is 21.6. The molecule has 5 heteroatoms. The van der Waals surface area contributed by atoms with Crippen molar-refractivity contribution in [1.29, 1.82) is 0 Å². The second-order valence-corrected chi connectivity index (χ2v) is 30.3. The number of hydrogen-bond acceptors (Lipinski definition) is 4. The molecule has 5 aliphatic rings. The highest BCUT2D eigenvalue weighted by Crippen LogP contribution is 2.63. The molecule has 11 rings (SSSR count). The molecule has 2 atom stereocenters. The van der Waals surface area contributed by atoms with Crippen molar-refractivity contribution in [2.45, 2.75) is 215 Å². The zero-order chi connectivity index (χ0) is 55.7. The number of anilines is 7. The second kappa shape index (κ2) is 17.2. The average Bonchev–Trinajstić information content (AvgIpc) is 2.99. The quantitative estimate of drug-likeness (QED) is 0.122. The molecule has 1 saturated carbocycles. The lowest BCUT2D eigenvalue weighted by Crippen LogP contribution is -2.64. The van der Waals surface area contributed by atoms with Crippen molar-refractivity contribution in [1.82, 2.24) is 0 Å². The predicted molar refractivity (Wildman–Crippen MR) is 335 cm³/mol. The summed E-state index contributed by atoms with van der Waals surface area (Å²) in [5, 5.41) is 1.23. The Morgan fingerprint density at radius 3 is 1.82 bits per heavy atom. The van der Waals surface area contributed by atoms with Crippen LogP contribution in [0.3, 0.4) is 0 Å². The minimum absolute atomic E-state index is 0.00602. The van der Waals surface area contributed by atoms with Gasteiger partial charge in [0.25, 0.3) is 6.71 Å². The molecule has 1 aromatic heterocycles. The van der Waals surface area contributed by atoms with Crippen LogP contribution in [0.15, 0.2) is 119 Å². The molecule has 2 unspecified atom stereocenters. The fourth-order valence-corrected chi connectivity index (χ4v) is 14.3. The van der Waals surface area contributed by atoms with Crippen LogP contribution < -0.4 is 31.1 Å². The standard InChI is InChI=1S/C72H90BN3O/c1-22-49(29-25-45(3)65(4,5)6)75-58-40-51(74(50-30-26-46(27-31-50)66(7,8)9)57-32-28-47(37-44(57)2)67(10,11)12)41-59-62(58)73(61-52-42-53-54(43-60(52)77-64(61)75)70(18,19)36-35-69(53,16)17)56-39-48(68(13,14)15)38-55-63(56)76(59)72(21)34-24-23-33-71(55,72)20/h22,25-32,37-43H,1,23-24,33-36H2,2-21H3/b45-25+,49-29+. The Bertz CT molecular complexity index is 3490. The highest BCUT2D eigenvalue weighted by Gasteiger charge is 2.62. The monoisotopic (exact) mass is 1020 g/mol. The lowest BCUT2D eigenvalue weighted by atomic mass is 9.33. The fourth-order valence-electron chi connectivity index (χ4n) is 14.3. The first kappa shape index (κ1) is 53.3. The molecular formula is C72H90BN3O. The maximum absolute atomic E-state index is 7.73. The van der Waals surface area contributed by atoms with Crippen molar-refractivity contribution < 1.29 is 4.42 Å². The van der Waals surface area contributed by atoms with Crippen LogP contribution in [0.5, 0.6) is 0 Å². The van der Waals surface area contributed by atoms with Gasteiger partial charge in [-0.15, -0.1) is 0 Å². The molecule has 0 N–H and O–H groups in total. The van der Waals surface area contributed by atoms with E-state index in [0.29, 0.717) is 0 Å². The number of nitrogens with zero attached hydrogens (tertiary/aromatic N) is 3. The molecule has 77 heavy (non-hydrogen) atoms. The van der Waals surface area contributed by atoms with E-state index in [1.807, 2.05) is 0 Å². The molecule has 0 bridgehead atoms.